The van der Waals surface area contributed by atoms with E-state index in [2.05, 4.69) is 9.47 Å². The van der Waals surface area contributed by atoms with Gasteiger partial charge in [0.25, 0.3) is 0 Å². The third-order valence-corrected chi connectivity index (χ3v) is 5.27. The minimum absolute atomic E-state index is 0.154. The number of amides is 1. The zero-order chi connectivity index (χ0) is 26.5. The van der Waals surface area contributed by atoms with Crippen molar-refractivity contribution in [3.05, 3.63) is 59.7 Å². The van der Waals surface area contributed by atoms with Crippen molar-refractivity contribution in [1.82, 2.24) is 4.90 Å². The van der Waals surface area contributed by atoms with Crippen LogP contribution in [0.25, 0.3) is 0 Å². The molecule has 0 saturated carbocycles. The van der Waals surface area contributed by atoms with Crippen molar-refractivity contribution in [2.75, 3.05) is 48.7 Å². The summed E-state index contributed by atoms with van der Waals surface area (Å²) in [5.41, 5.74) is 1.46. The average molecular weight is 506 g/mol. The Morgan fingerprint density at radius 2 is 1.47 bits per heavy atom. The third kappa shape index (κ3) is 7.69. The molecule has 0 aromatic heterocycles. The van der Waals surface area contributed by atoms with Gasteiger partial charge in [0, 0.05) is 6.54 Å². The zero-order valence-corrected chi connectivity index (χ0v) is 20.9. The van der Waals surface area contributed by atoms with Gasteiger partial charge in [-0.05, 0) is 29.7 Å². The molecular weight excluding hydrogens is 474 g/mol. The lowest BCUT2D eigenvalue weighted by Gasteiger charge is -2.35. The number of carbonyl (C=O) groups is 3. The molecule has 2 aromatic carbocycles. The van der Waals surface area contributed by atoms with Crippen molar-refractivity contribution in [3.8, 4) is 11.5 Å². The highest BCUT2D eigenvalue weighted by molar-refractivity contribution is 5.69. The summed E-state index contributed by atoms with van der Waals surface area (Å²) < 4.78 is 35.4. The molecule has 2 atom stereocenters. The molecule has 0 unspecified atom stereocenters. The SMILES string of the molecule is COC(=O)OC[C@H](OC(=O)OC)[C@@H](c1ccccc1)N(CCc1ccc(OC)c(OC)c1)C(=O)OC. The van der Waals surface area contributed by atoms with Crippen LogP contribution in [0.4, 0.5) is 14.4 Å². The van der Waals surface area contributed by atoms with Gasteiger partial charge in [-0.2, -0.15) is 0 Å². The van der Waals surface area contributed by atoms with E-state index < -0.39 is 37.2 Å². The molecule has 2 rings (SSSR count). The third-order valence-electron chi connectivity index (χ3n) is 5.27. The first-order valence-electron chi connectivity index (χ1n) is 10.9. The molecule has 0 saturated heterocycles. The molecule has 0 heterocycles. The Labute approximate surface area is 209 Å². The first-order valence-corrected chi connectivity index (χ1v) is 10.9. The fourth-order valence-electron chi connectivity index (χ4n) is 3.56. The van der Waals surface area contributed by atoms with Crippen LogP contribution in [0.5, 0.6) is 11.5 Å². The van der Waals surface area contributed by atoms with Gasteiger partial charge in [0.15, 0.2) is 17.6 Å². The highest BCUT2D eigenvalue weighted by atomic mass is 16.7. The average Bonchev–Trinajstić information content (AvgIpc) is 2.92. The minimum atomic E-state index is -1.15. The fraction of sp³-hybridized carbons (Fsp3) is 0.400. The topological polar surface area (TPSA) is 119 Å². The van der Waals surface area contributed by atoms with Gasteiger partial charge in [-0.25, -0.2) is 14.4 Å². The van der Waals surface area contributed by atoms with E-state index in [-0.39, 0.29) is 6.54 Å². The second-order valence-corrected chi connectivity index (χ2v) is 7.33. The second-order valence-electron chi connectivity index (χ2n) is 7.33. The molecule has 0 aliphatic carbocycles. The maximum absolute atomic E-state index is 13.0. The van der Waals surface area contributed by atoms with Crippen molar-refractivity contribution >= 4 is 18.4 Å². The lowest BCUT2D eigenvalue weighted by Crippen LogP contribution is -2.45. The van der Waals surface area contributed by atoms with Gasteiger partial charge >= 0.3 is 18.4 Å². The molecule has 0 radical (unpaired) electrons. The van der Waals surface area contributed by atoms with Crippen LogP contribution < -0.4 is 9.47 Å². The zero-order valence-electron chi connectivity index (χ0n) is 20.9. The van der Waals surface area contributed by atoms with Crippen LogP contribution in [0.1, 0.15) is 17.2 Å². The van der Waals surface area contributed by atoms with Crippen molar-refractivity contribution in [2.24, 2.45) is 0 Å². The molecule has 11 nitrogen and oxygen atoms in total. The van der Waals surface area contributed by atoms with Gasteiger partial charge in [0.05, 0.1) is 35.5 Å². The van der Waals surface area contributed by atoms with Crippen LogP contribution in [-0.2, 0) is 30.1 Å². The monoisotopic (exact) mass is 505 g/mol. The first kappa shape index (κ1) is 28.1. The van der Waals surface area contributed by atoms with E-state index in [1.165, 1.54) is 19.1 Å². The number of carbonyl (C=O) groups excluding carboxylic acids is 3. The molecule has 0 bridgehead atoms. The summed E-state index contributed by atoms with van der Waals surface area (Å²) >= 11 is 0. The van der Waals surface area contributed by atoms with Gasteiger partial charge in [-0.15, -0.1) is 0 Å². The van der Waals surface area contributed by atoms with E-state index in [1.807, 2.05) is 6.07 Å². The number of rotatable bonds is 11. The smallest absolute Gasteiger partial charge is 0.493 e. The Kier molecular flexibility index (Phi) is 11.2. The number of nitrogens with zero attached hydrogens (tertiary/aromatic N) is 1. The minimum Gasteiger partial charge on any atom is -0.493 e. The quantitative estimate of drug-likeness (QED) is 0.327. The van der Waals surface area contributed by atoms with Crippen LogP contribution in [0, 0.1) is 0 Å². The van der Waals surface area contributed by atoms with E-state index >= 15 is 0 Å². The first-order chi connectivity index (χ1) is 17.4. The summed E-state index contributed by atoms with van der Waals surface area (Å²) in [7, 11) is 6.61. The standard InChI is InChI=1S/C25H31NO10/c1-30-19-12-11-17(15-20(19)31-2)13-14-26(23(27)32-3)22(18-9-7-6-8-10-18)21(36-25(29)34-5)16-35-24(28)33-4/h6-12,15,21-22H,13-14,16H2,1-5H3/t21-,22+/m0/s1. The second kappa shape index (κ2) is 14.3. The Hall–Kier alpha value is -4.15. The Bertz CT molecular complexity index is 998. The summed E-state index contributed by atoms with van der Waals surface area (Å²) in [5.74, 6) is 1.11. The van der Waals surface area contributed by atoms with Gasteiger partial charge in [-0.3, -0.25) is 4.90 Å². The number of ether oxygens (including phenoxy) is 7. The fourth-order valence-corrected chi connectivity index (χ4v) is 3.56. The van der Waals surface area contributed by atoms with Crippen LogP contribution in [-0.4, -0.2) is 78.1 Å². The van der Waals surface area contributed by atoms with E-state index in [0.717, 1.165) is 19.8 Å². The largest absolute Gasteiger partial charge is 0.508 e. The van der Waals surface area contributed by atoms with Gasteiger partial charge in [0.2, 0.25) is 0 Å². The lowest BCUT2D eigenvalue weighted by atomic mass is 9.99. The van der Waals surface area contributed by atoms with Crippen molar-refractivity contribution in [2.45, 2.75) is 18.6 Å². The molecule has 2 aromatic rings. The van der Waals surface area contributed by atoms with Crippen LogP contribution >= 0.6 is 0 Å². The van der Waals surface area contributed by atoms with Crippen molar-refractivity contribution < 1.29 is 47.5 Å². The highest BCUT2D eigenvalue weighted by Crippen LogP contribution is 2.31. The molecule has 0 aliphatic heterocycles. The van der Waals surface area contributed by atoms with E-state index in [4.69, 9.17) is 23.7 Å². The number of methoxy groups -OCH3 is 5. The lowest BCUT2D eigenvalue weighted by molar-refractivity contribution is -0.0412. The van der Waals surface area contributed by atoms with Crippen LogP contribution in [0.15, 0.2) is 48.5 Å². The van der Waals surface area contributed by atoms with E-state index in [1.54, 1.807) is 49.6 Å². The number of hydrogen-bond acceptors (Lipinski definition) is 10. The summed E-state index contributed by atoms with van der Waals surface area (Å²) in [6.45, 7) is -0.258. The molecular formula is C25H31NO10. The van der Waals surface area contributed by atoms with Crippen LogP contribution in [0.2, 0.25) is 0 Å². The van der Waals surface area contributed by atoms with Gasteiger partial charge in [0.1, 0.15) is 12.6 Å². The predicted molar refractivity (Wildman–Crippen MR) is 127 cm³/mol. The van der Waals surface area contributed by atoms with E-state index in [9.17, 15) is 14.4 Å². The van der Waals surface area contributed by atoms with Crippen molar-refractivity contribution in [3.63, 3.8) is 0 Å². The van der Waals surface area contributed by atoms with E-state index in [0.29, 0.717) is 23.5 Å². The van der Waals surface area contributed by atoms with Crippen LogP contribution in [0.3, 0.4) is 0 Å². The molecule has 36 heavy (non-hydrogen) atoms. The molecule has 1 amide bonds. The Morgan fingerprint density at radius 1 is 0.806 bits per heavy atom. The normalized spacial score (nSPS) is 11.9. The maximum Gasteiger partial charge on any atom is 0.508 e. The molecule has 11 heteroatoms. The van der Waals surface area contributed by atoms with Crippen molar-refractivity contribution in [1.29, 1.82) is 0 Å². The number of hydrogen-bond donors (Lipinski definition) is 0. The van der Waals surface area contributed by atoms with Gasteiger partial charge in [-0.1, -0.05) is 36.4 Å². The number of benzene rings is 2. The van der Waals surface area contributed by atoms with Gasteiger partial charge < -0.3 is 33.2 Å². The highest BCUT2D eigenvalue weighted by Gasteiger charge is 2.37. The molecule has 0 aliphatic rings. The molecule has 0 fully saturated rings. The summed E-state index contributed by atoms with van der Waals surface area (Å²) in [4.78, 5) is 38.1. The summed E-state index contributed by atoms with van der Waals surface area (Å²) in [5, 5.41) is 0. The Morgan fingerprint density at radius 3 is 2.06 bits per heavy atom. The maximum atomic E-state index is 13.0. The predicted octanol–water partition coefficient (Wildman–Crippen LogP) is 3.99. The molecule has 0 N–H and O–H groups in total. The summed E-state index contributed by atoms with van der Waals surface area (Å²) in [6, 6.07) is 13.3. The summed E-state index contributed by atoms with van der Waals surface area (Å²) in [6.07, 6.45) is -3.43. The molecule has 196 valence electrons. The Balaban J connectivity index is 2.45. The molecule has 0 spiro atoms.